The molecule has 0 aliphatic rings. The van der Waals surface area contributed by atoms with Crippen molar-refractivity contribution in [2.24, 2.45) is 5.10 Å². The Morgan fingerprint density at radius 3 is 2.58 bits per heavy atom. The van der Waals surface area contributed by atoms with Crippen LogP contribution < -0.4 is 5.43 Å². The maximum Gasteiger partial charge on any atom is 0.354 e. The Labute approximate surface area is 113 Å². The van der Waals surface area contributed by atoms with Crippen LogP contribution in [0.5, 0.6) is 0 Å². The second-order valence-corrected chi connectivity index (χ2v) is 4.17. The van der Waals surface area contributed by atoms with Crippen molar-refractivity contribution in [2.45, 2.75) is 6.42 Å². The largest absolute Gasteiger partial charge is 0.469 e. The van der Waals surface area contributed by atoms with Crippen LogP contribution in [0.1, 0.15) is 16.1 Å². The zero-order valence-electron chi connectivity index (χ0n) is 10.3. The van der Waals surface area contributed by atoms with Crippen molar-refractivity contribution in [1.82, 2.24) is 5.43 Å². The van der Waals surface area contributed by atoms with Crippen LogP contribution in [0.2, 0.25) is 0 Å². The zero-order chi connectivity index (χ0) is 14.3. The molecule has 0 aromatic carbocycles. The normalized spacial score (nSPS) is 10.7. The molecule has 1 aromatic heterocycles. The van der Waals surface area contributed by atoms with Gasteiger partial charge in [-0.2, -0.15) is 5.10 Å². The van der Waals surface area contributed by atoms with E-state index in [0.717, 1.165) is 7.11 Å². The summed E-state index contributed by atoms with van der Waals surface area (Å²) in [6, 6.07) is 3.31. The predicted octanol–water partition coefficient (Wildman–Crippen LogP) is 0.570. The number of ether oxygens (including phenoxy) is 2. The number of thiophene rings is 1. The first-order valence-electron chi connectivity index (χ1n) is 5.14. The lowest BCUT2D eigenvalue weighted by atomic mass is 10.3. The van der Waals surface area contributed by atoms with Crippen molar-refractivity contribution in [3.63, 3.8) is 0 Å². The SMILES string of the molecule is COC(=O)CC(=NNC(=O)c1cccs1)C(=O)OC. The van der Waals surface area contributed by atoms with Crippen molar-refractivity contribution in [3.8, 4) is 0 Å². The molecule has 8 heteroatoms. The minimum Gasteiger partial charge on any atom is -0.469 e. The van der Waals surface area contributed by atoms with Gasteiger partial charge in [0.2, 0.25) is 0 Å². The molecular formula is C11H12N2O5S. The van der Waals surface area contributed by atoms with Gasteiger partial charge in [-0.05, 0) is 11.4 Å². The van der Waals surface area contributed by atoms with Crippen LogP contribution in [0.15, 0.2) is 22.6 Å². The van der Waals surface area contributed by atoms with E-state index in [4.69, 9.17) is 0 Å². The van der Waals surface area contributed by atoms with Gasteiger partial charge in [-0.25, -0.2) is 10.2 Å². The Balaban J connectivity index is 2.74. The molecule has 1 amide bonds. The number of hydrazone groups is 1. The summed E-state index contributed by atoms with van der Waals surface area (Å²) in [7, 11) is 2.33. The van der Waals surface area contributed by atoms with E-state index in [2.05, 4.69) is 20.0 Å². The van der Waals surface area contributed by atoms with Crippen LogP contribution in [-0.4, -0.2) is 37.8 Å². The smallest absolute Gasteiger partial charge is 0.354 e. The van der Waals surface area contributed by atoms with Gasteiger partial charge in [0.25, 0.3) is 5.91 Å². The first-order valence-corrected chi connectivity index (χ1v) is 6.02. The fourth-order valence-corrected chi connectivity index (χ4v) is 1.68. The number of hydrogen-bond acceptors (Lipinski definition) is 7. The highest BCUT2D eigenvalue weighted by Crippen LogP contribution is 2.07. The number of rotatable bonds is 5. The minimum absolute atomic E-state index is 0.237. The molecule has 1 heterocycles. The summed E-state index contributed by atoms with van der Waals surface area (Å²) in [5.41, 5.74) is 1.94. The Morgan fingerprint density at radius 1 is 1.32 bits per heavy atom. The molecular weight excluding hydrogens is 272 g/mol. The van der Waals surface area contributed by atoms with E-state index in [-0.39, 0.29) is 12.1 Å². The molecule has 0 bridgehead atoms. The third-order valence-corrected chi connectivity index (χ3v) is 2.87. The average molecular weight is 284 g/mol. The van der Waals surface area contributed by atoms with Crippen LogP contribution in [0.4, 0.5) is 0 Å². The number of amides is 1. The van der Waals surface area contributed by atoms with Gasteiger partial charge in [0.05, 0.1) is 25.5 Å². The van der Waals surface area contributed by atoms with Crippen molar-refractivity contribution < 1.29 is 23.9 Å². The summed E-state index contributed by atoms with van der Waals surface area (Å²) in [4.78, 5) is 34.5. The van der Waals surface area contributed by atoms with Gasteiger partial charge >= 0.3 is 11.9 Å². The maximum atomic E-state index is 11.6. The Bertz CT molecular complexity index is 495. The average Bonchev–Trinajstić information content (AvgIpc) is 2.95. The number of methoxy groups -OCH3 is 2. The Kier molecular flexibility index (Phi) is 5.68. The number of nitrogens with zero attached hydrogens (tertiary/aromatic N) is 1. The molecule has 1 rings (SSSR count). The van der Waals surface area contributed by atoms with Gasteiger partial charge < -0.3 is 9.47 Å². The second kappa shape index (κ2) is 7.27. The molecule has 0 radical (unpaired) electrons. The van der Waals surface area contributed by atoms with Crippen LogP contribution in [0.3, 0.4) is 0 Å². The number of nitrogens with one attached hydrogen (secondary N) is 1. The Hall–Kier alpha value is -2.22. The number of hydrogen-bond donors (Lipinski definition) is 1. The summed E-state index contributed by atoms with van der Waals surface area (Å²) < 4.78 is 8.87. The lowest BCUT2D eigenvalue weighted by molar-refractivity contribution is -0.140. The number of carbonyl (C=O) groups is 3. The summed E-state index contributed by atoms with van der Waals surface area (Å²) in [6.07, 6.45) is -0.381. The summed E-state index contributed by atoms with van der Waals surface area (Å²) in [5.74, 6) is -1.94. The topological polar surface area (TPSA) is 94.1 Å². The van der Waals surface area contributed by atoms with Gasteiger partial charge in [-0.15, -0.1) is 11.3 Å². The number of esters is 2. The summed E-state index contributed by atoms with van der Waals surface area (Å²) in [6.45, 7) is 0. The van der Waals surface area contributed by atoms with Crippen LogP contribution >= 0.6 is 11.3 Å². The van der Waals surface area contributed by atoms with Crippen molar-refractivity contribution in [2.75, 3.05) is 14.2 Å². The molecule has 102 valence electrons. The molecule has 1 N–H and O–H groups in total. The van der Waals surface area contributed by atoms with Gasteiger partial charge in [0, 0.05) is 0 Å². The second-order valence-electron chi connectivity index (χ2n) is 3.22. The predicted molar refractivity (Wildman–Crippen MR) is 67.9 cm³/mol. The third-order valence-electron chi connectivity index (χ3n) is 2.00. The molecule has 0 atom stereocenters. The molecule has 7 nitrogen and oxygen atoms in total. The highest BCUT2D eigenvalue weighted by Gasteiger charge is 2.18. The first-order chi connectivity index (χ1) is 9.08. The molecule has 1 aromatic rings. The number of carbonyl (C=O) groups excluding carboxylic acids is 3. The van der Waals surface area contributed by atoms with E-state index < -0.39 is 17.8 Å². The molecule has 0 saturated carbocycles. The molecule has 19 heavy (non-hydrogen) atoms. The molecule has 0 saturated heterocycles. The molecule has 0 unspecified atom stereocenters. The van der Waals surface area contributed by atoms with Crippen molar-refractivity contribution in [1.29, 1.82) is 0 Å². The monoisotopic (exact) mass is 284 g/mol. The summed E-state index contributed by atoms with van der Waals surface area (Å²) >= 11 is 1.23. The first kappa shape index (κ1) is 14.8. The van der Waals surface area contributed by atoms with E-state index in [9.17, 15) is 14.4 Å². The summed E-state index contributed by atoms with van der Waals surface area (Å²) in [5, 5.41) is 5.32. The molecule has 0 spiro atoms. The lowest BCUT2D eigenvalue weighted by Crippen LogP contribution is -2.26. The third kappa shape index (κ3) is 4.51. The van der Waals surface area contributed by atoms with Crippen molar-refractivity contribution >= 4 is 34.9 Å². The standard InChI is InChI=1S/C11H12N2O5S/c1-17-9(14)6-7(11(16)18-2)12-13-10(15)8-4-3-5-19-8/h3-5H,6H2,1-2H3,(H,13,15). The van der Waals surface area contributed by atoms with E-state index in [0.29, 0.717) is 4.88 Å². The van der Waals surface area contributed by atoms with Crippen LogP contribution in [-0.2, 0) is 19.1 Å². The molecule has 0 aliphatic heterocycles. The molecule has 0 aliphatic carbocycles. The lowest BCUT2D eigenvalue weighted by Gasteiger charge is -2.03. The quantitative estimate of drug-likeness (QED) is 0.484. The van der Waals surface area contributed by atoms with Crippen LogP contribution in [0.25, 0.3) is 0 Å². The fraction of sp³-hybridized carbons (Fsp3) is 0.273. The van der Waals surface area contributed by atoms with Gasteiger partial charge in [-0.1, -0.05) is 6.07 Å². The highest BCUT2D eigenvalue weighted by atomic mass is 32.1. The minimum atomic E-state index is -0.808. The van der Waals surface area contributed by atoms with Gasteiger partial charge in [0.15, 0.2) is 5.71 Å². The van der Waals surface area contributed by atoms with Gasteiger partial charge in [-0.3, -0.25) is 9.59 Å². The van der Waals surface area contributed by atoms with E-state index in [1.54, 1.807) is 17.5 Å². The van der Waals surface area contributed by atoms with E-state index in [1.807, 2.05) is 0 Å². The highest BCUT2D eigenvalue weighted by molar-refractivity contribution is 7.12. The maximum absolute atomic E-state index is 11.6. The fourth-order valence-electron chi connectivity index (χ4n) is 1.07. The van der Waals surface area contributed by atoms with E-state index in [1.165, 1.54) is 18.4 Å². The van der Waals surface area contributed by atoms with Gasteiger partial charge in [0.1, 0.15) is 0 Å². The van der Waals surface area contributed by atoms with Crippen molar-refractivity contribution in [3.05, 3.63) is 22.4 Å². The Morgan fingerprint density at radius 2 is 2.05 bits per heavy atom. The van der Waals surface area contributed by atoms with E-state index >= 15 is 0 Å². The van der Waals surface area contributed by atoms with Crippen LogP contribution in [0, 0.1) is 0 Å². The molecule has 0 fully saturated rings. The zero-order valence-corrected chi connectivity index (χ0v) is 11.2.